The summed E-state index contributed by atoms with van der Waals surface area (Å²) in [4.78, 5) is 1.48. The first kappa shape index (κ1) is 11.4. The van der Waals surface area contributed by atoms with E-state index in [4.69, 9.17) is 0 Å². The Balaban J connectivity index is 1.74. The number of hydrogen-bond acceptors (Lipinski definition) is 3. The van der Waals surface area contributed by atoms with E-state index in [2.05, 4.69) is 28.8 Å². The first-order valence-corrected chi connectivity index (χ1v) is 6.36. The number of thiophene rings is 1. The summed E-state index contributed by atoms with van der Waals surface area (Å²) in [5.74, 6) is 0. The van der Waals surface area contributed by atoms with E-state index in [-0.39, 0.29) is 0 Å². The molecule has 0 unspecified atom stereocenters. The molecular formula is C12H17N3S. The second kappa shape index (κ2) is 5.27. The van der Waals surface area contributed by atoms with Crippen LogP contribution in [0.5, 0.6) is 0 Å². The zero-order chi connectivity index (χ0) is 11.4. The number of rotatable bonds is 5. The summed E-state index contributed by atoms with van der Waals surface area (Å²) in [5, 5.41) is 9.74. The van der Waals surface area contributed by atoms with Gasteiger partial charge in [0.05, 0.1) is 5.69 Å². The van der Waals surface area contributed by atoms with E-state index in [9.17, 15) is 0 Å². The molecule has 0 saturated carbocycles. The monoisotopic (exact) mass is 235 g/mol. The first-order valence-electron chi connectivity index (χ1n) is 5.48. The number of nitrogens with one attached hydrogen (secondary N) is 1. The van der Waals surface area contributed by atoms with Crippen molar-refractivity contribution in [2.75, 3.05) is 6.54 Å². The molecule has 0 fully saturated rings. The minimum absolute atomic E-state index is 0.890. The quantitative estimate of drug-likeness (QED) is 0.805. The maximum atomic E-state index is 4.14. The highest BCUT2D eigenvalue weighted by Gasteiger charge is 2.00. The maximum Gasteiger partial charge on any atom is 0.0518 e. The van der Waals surface area contributed by atoms with E-state index in [1.165, 1.54) is 16.1 Å². The van der Waals surface area contributed by atoms with E-state index in [1.54, 1.807) is 0 Å². The van der Waals surface area contributed by atoms with Gasteiger partial charge in [0.1, 0.15) is 0 Å². The van der Waals surface area contributed by atoms with Crippen LogP contribution in [0, 0.1) is 6.92 Å². The lowest BCUT2D eigenvalue weighted by Gasteiger charge is -2.04. The van der Waals surface area contributed by atoms with E-state index in [1.807, 2.05) is 35.3 Å². The second-order valence-corrected chi connectivity index (χ2v) is 4.90. The van der Waals surface area contributed by atoms with Crippen LogP contribution in [0.25, 0.3) is 0 Å². The second-order valence-electron chi connectivity index (χ2n) is 3.90. The zero-order valence-corrected chi connectivity index (χ0v) is 10.5. The van der Waals surface area contributed by atoms with Crippen molar-refractivity contribution < 1.29 is 0 Å². The molecule has 16 heavy (non-hydrogen) atoms. The Morgan fingerprint density at radius 1 is 1.44 bits per heavy atom. The molecule has 0 aliphatic carbocycles. The normalized spacial score (nSPS) is 10.9. The van der Waals surface area contributed by atoms with Gasteiger partial charge in [-0.1, -0.05) is 0 Å². The van der Waals surface area contributed by atoms with Crippen LogP contribution in [0.4, 0.5) is 0 Å². The molecule has 0 saturated heterocycles. The van der Waals surface area contributed by atoms with Crippen LogP contribution in [0.1, 0.15) is 16.1 Å². The molecular weight excluding hydrogens is 218 g/mol. The third-order valence-corrected chi connectivity index (χ3v) is 3.81. The smallest absolute Gasteiger partial charge is 0.0518 e. The van der Waals surface area contributed by atoms with Gasteiger partial charge in [-0.25, -0.2) is 0 Å². The van der Waals surface area contributed by atoms with Gasteiger partial charge in [-0.2, -0.15) is 5.10 Å². The van der Waals surface area contributed by atoms with Crippen molar-refractivity contribution in [3.63, 3.8) is 0 Å². The van der Waals surface area contributed by atoms with E-state index in [0.717, 1.165) is 19.5 Å². The fraction of sp³-hybridized carbons (Fsp3) is 0.417. The van der Waals surface area contributed by atoms with Gasteiger partial charge in [-0.3, -0.25) is 4.68 Å². The highest BCUT2D eigenvalue weighted by molar-refractivity contribution is 7.10. The molecule has 0 radical (unpaired) electrons. The molecule has 4 heteroatoms. The predicted octanol–water partition coefficient (Wildman–Crippen LogP) is 2.12. The van der Waals surface area contributed by atoms with Gasteiger partial charge in [0, 0.05) is 31.2 Å². The molecule has 0 amide bonds. The van der Waals surface area contributed by atoms with E-state index in [0.29, 0.717) is 0 Å². The van der Waals surface area contributed by atoms with Crippen LogP contribution in [0.2, 0.25) is 0 Å². The van der Waals surface area contributed by atoms with Gasteiger partial charge >= 0.3 is 0 Å². The average molecular weight is 235 g/mol. The van der Waals surface area contributed by atoms with Gasteiger partial charge in [0.15, 0.2) is 0 Å². The molecule has 2 heterocycles. The van der Waals surface area contributed by atoms with Gasteiger partial charge < -0.3 is 5.32 Å². The van der Waals surface area contributed by atoms with Crippen LogP contribution >= 0.6 is 11.3 Å². The molecule has 1 N–H and O–H groups in total. The van der Waals surface area contributed by atoms with Crippen molar-refractivity contribution in [1.29, 1.82) is 0 Å². The Kier molecular flexibility index (Phi) is 3.74. The minimum Gasteiger partial charge on any atom is -0.311 e. The lowest BCUT2D eigenvalue weighted by Crippen LogP contribution is -2.18. The molecule has 0 aliphatic heterocycles. The first-order chi connectivity index (χ1) is 7.77. The van der Waals surface area contributed by atoms with Crippen molar-refractivity contribution in [2.45, 2.75) is 19.9 Å². The van der Waals surface area contributed by atoms with Crippen LogP contribution in [-0.2, 0) is 20.0 Å². The molecule has 0 bridgehead atoms. The number of aryl methyl sites for hydroxylation is 2. The summed E-state index contributed by atoms with van der Waals surface area (Å²) < 4.78 is 1.91. The molecule has 3 nitrogen and oxygen atoms in total. The fourth-order valence-electron chi connectivity index (χ4n) is 1.65. The van der Waals surface area contributed by atoms with E-state index >= 15 is 0 Å². The number of aromatic nitrogens is 2. The van der Waals surface area contributed by atoms with Crippen molar-refractivity contribution in [2.24, 2.45) is 7.05 Å². The molecule has 86 valence electrons. The Hall–Kier alpha value is -1.13. The molecule has 0 aromatic carbocycles. The summed E-state index contributed by atoms with van der Waals surface area (Å²) in [6, 6.07) is 4.23. The lowest BCUT2D eigenvalue weighted by molar-refractivity contribution is 0.627. The molecule has 0 spiro atoms. The molecule has 0 atom stereocenters. The van der Waals surface area contributed by atoms with Crippen molar-refractivity contribution in [3.8, 4) is 0 Å². The minimum atomic E-state index is 0.890. The fourth-order valence-corrected chi connectivity index (χ4v) is 2.56. The van der Waals surface area contributed by atoms with Gasteiger partial charge in [0.2, 0.25) is 0 Å². The Morgan fingerprint density at radius 2 is 2.31 bits per heavy atom. The lowest BCUT2D eigenvalue weighted by atomic mass is 10.2. The van der Waals surface area contributed by atoms with Crippen LogP contribution in [-0.4, -0.2) is 16.3 Å². The topological polar surface area (TPSA) is 29.9 Å². The van der Waals surface area contributed by atoms with Crippen LogP contribution in [0.3, 0.4) is 0 Å². The molecule has 2 rings (SSSR count). The molecule has 0 aliphatic rings. The van der Waals surface area contributed by atoms with Crippen molar-refractivity contribution >= 4 is 11.3 Å². The van der Waals surface area contributed by atoms with Crippen LogP contribution < -0.4 is 5.32 Å². The average Bonchev–Trinajstić information content (AvgIpc) is 2.84. The van der Waals surface area contributed by atoms with Crippen molar-refractivity contribution in [3.05, 3.63) is 39.8 Å². The third kappa shape index (κ3) is 2.71. The molecule has 2 aromatic heterocycles. The highest BCUT2D eigenvalue weighted by Crippen LogP contribution is 2.15. The Bertz CT molecular complexity index is 402. The Morgan fingerprint density at radius 3 is 2.94 bits per heavy atom. The summed E-state index contributed by atoms with van der Waals surface area (Å²) in [5.41, 5.74) is 2.63. The largest absolute Gasteiger partial charge is 0.311 e. The van der Waals surface area contributed by atoms with Crippen molar-refractivity contribution in [1.82, 2.24) is 15.1 Å². The van der Waals surface area contributed by atoms with Gasteiger partial charge in [-0.15, -0.1) is 11.3 Å². The number of nitrogens with zero attached hydrogens (tertiary/aromatic N) is 2. The SMILES string of the molecule is Cc1ccsc1CCNCc1ccnn1C. The Labute approximate surface area is 100 Å². The van der Waals surface area contributed by atoms with Gasteiger partial charge in [0.25, 0.3) is 0 Å². The van der Waals surface area contributed by atoms with E-state index < -0.39 is 0 Å². The summed E-state index contributed by atoms with van der Waals surface area (Å²) in [6.45, 7) is 4.08. The highest BCUT2D eigenvalue weighted by atomic mass is 32.1. The third-order valence-electron chi connectivity index (χ3n) is 2.73. The number of hydrogen-bond donors (Lipinski definition) is 1. The summed E-state index contributed by atoms with van der Waals surface area (Å²) >= 11 is 1.84. The predicted molar refractivity (Wildman–Crippen MR) is 67.7 cm³/mol. The summed E-state index contributed by atoms with van der Waals surface area (Å²) in [6.07, 6.45) is 2.95. The standard InChI is InChI=1S/C12H17N3S/c1-10-5-8-16-12(10)4-6-13-9-11-3-7-14-15(11)2/h3,5,7-8,13H,4,6,9H2,1-2H3. The zero-order valence-electron chi connectivity index (χ0n) is 9.73. The van der Waals surface area contributed by atoms with Gasteiger partial charge in [-0.05, 0) is 36.4 Å². The van der Waals surface area contributed by atoms with Crippen LogP contribution in [0.15, 0.2) is 23.7 Å². The molecule has 2 aromatic rings. The maximum absolute atomic E-state index is 4.14. The summed E-state index contributed by atoms with van der Waals surface area (Å²) in [7, 11) is 1.97.